The fourth-order valence-electron chi connectivity index (χ4n) is 3.31. The molecule has 0 fully saturated rings. The highest BCUT2D eigenvalue weighted by atomic mass is 127. The van der Waals surface area contributed by atoms with E-state index in [4.69, 9.17) is 0 Å². The number of nitrogens with zero attached hydrogens (tertiary/aromatic N) is 1. The molecule has 138 valence electrons. The fourth-order valence-corrected chi connectivity index (χ4v) is 5.06. The van der Waals surface area contributed by atoms with Crippen molar-refractivity contribution in [2.75, 3.05) is 0 Å². The van der Waals surface area contributed by atoms with Crippen molar-refractivity contribution in [1.29, 1.82) is 0 Å². The van der Waals surface area contributed by atoms with Gasteiger partial charge in [-0.15, -0.1) is 0 Å². The van der Waals surface area contributed by atoms with Gasteiger partial charge in [-0.05, 0) is 61.9 Å². The van der Waals surface area contributed by atoms with E-state index in [1.165, 1.54) is 5.56 Å². The van der Waals surface area contributed by atoms with Gasteiger partial charge in [0.2, 0.25) is 5.78 Å². The number of hydrogen-bond donors (Lipinski definition) is 0. The normalized spacial score (nSPS) is 15.9. The molecule has 4 heteroatoms. The van der Waals surface area contributed by atoms with Gasteiger partial charge in [-0.2, -0.15) is 0 Å². The first-order chi connectivity index (χ1) is 13.7. The molecule has 0 atom stereocenters. The largest absolute Gasteiger partial charge is 0.331 e. The van der Waals surface area contributed by atoms with E-state index in [0.717, 1.165) is 29.7 Å². The van der Waals surface area contributed by atoms with Crippen LogP contribution in [0, 0.1) is 0 Å². The van der Waals surface area contributed by atoms with Gasteiger partial charge in [-0.1, -0.05) is 91.0 Å². The molecule has 0 unspecified atom stereocenters. The van der Waals surface area contributed by atoms with Crippen LogP contribution in [0.25, 0.3) is 9.28 Å². The third-order valence-electron chi connectivity index (χ3n) is 4.63. The van der Waals surface area contributed by atoms with Gasteiger partial charge < -0.3 is 4.90 Å². The highest BCUT2D eigenvalue weighted by Gasteiger charge is 2.36. The molecule has 1 aliphatic heterocycles. The minimum atomic E-state index is 0.0867. The van der Waals surface area contributed by atoms with Crippen LogP contribution in [0.2, 0.25) is 0 Å². The molecule has 0 aromatic heterocycles. The van der Waals surface area contributed by atoms with Crippen molar-refractivity contribution in [3.05, 3.63) is 117 Å². The molecular weight excluding hydrogens is 572 g/mol. The van der Waals surface area contributed by atoms with Gasteiger partial charge in [0.15, 0.2) is 0 Å². The van der Waals surface area contributed by atoms with E-state index in [0.29, 0.717) is 6.54 Å². The Bertz CT molecular complexity index is 1060. The summed E-state index contributed by atoms with van der Waals surface area (Å²) in [6, 6.07) is 30.6. The molecule has 3 aromatic carbocycles. The second-order valence-electron chi connectivity index (χ2n) is 6.46. The van der Waals surface area contributed by atoms with Crippen LogP contribution in [0.4, 0.5) is 0 Å². The lowest BCUT2D eigenvalue weighted by Gasteiger charge is -2.25. The molecule has 0 spiro atoms. The van der Waals surface area contributed by atoms with Crippen LogP contribution in [0.3, 0.4) is 0 Å². The Morgan fingerprint density at radius 3 is 1.93 bits per heavy atom. The summed E-state index contributed by atoms with van der Waals surface area (Å²) in [5.41, 5.74) is 5.02. The van der Waals surface area contributed by atoms with Crippen LogP contribution >= 0.6 is 45.2 Å². The molecule has 28 heavy (non-hydrogen) atoms. The number of allylic oxidation sites excluding steroid dienone is 1. The lowest BCUT2D eigenvalue weighted by Crippen LogP contribution is -2.20. The van der Waals surface area contributed by atoms with Gasteiger partial charge in [0.1, 0.15) is 5.70 Å². The van der Waals surface area contributed by atoms with Crippen molar-refractivity contribution in [2.45, 2.75) is 6.54 Å². The predicted octanol–water partition coefficient (Wildman–Crippen LogP) is 6.68. The molecule has 3 aromatic rings. The second kappa shape index (κ2) is 8.61. The maximum Gasteiger partial charge on any atom is 0.218 e. The van der Waals surface area contributed by atoms with Gasteiger partial charge in [0, 0.05) is 10.1 Å². The summed E-state index contributed by atoms with van der Waals surface area (Å²) in [5, 5.41) is 0. The summed E-state index contributed by atoms with van der Waals surface area (Å²) in [6.07, 6.45) is 0. The van der Waals surface area contributed by atoms with Crippen LogP contribution < -0.4 is 0 Å². The molecule has 1 heterocycles. The Morgan fingerprint density at radius 1 is 0.786 bits per heavy atom. The number of carbonyl (C=O) groups is 1. The molecule has 0 saturated carbocycles. The second-order valence-corrected chi connectivity index (χ2v) is 8.62. The molecule has 0 radical (unpaired) electrons. The topological polar surface area (TPSA) is 20.3 Å². The first kappa shape index (κ1) is 19.4. The Hall–Kier alpha value is -1.93. The van der Waals surface area contributed by atoms with E-state index >= 15 is 0 Å². The van der Waals surface area contributed by atoms with Gasteiger partial charge >= 0.3 is 0 Å². The molecular formula is C24H17I2NO. The summed E-state index contributed by atoms with van der Waals surface area (Å²) >= 11 is 4.51. The number of benzene rings is 3. The summed E-state index contributed by atoms with van der Waals surface area (Å²) in [4.78, 5) is 15.5. The first-order valence-corrected chi connectivity index (χ1v) is 11.1. The number of Topliss-reactive ketones (excluding diaryl/α,β-unsaturated/α-hetero) is 1. The first-order valence-electron chi connectivity index (χ1n) is 8.93. The zero-order valence-electron chi connectivity index (χ0n) is 15.0. The summed E-state index contributed by atoms with van der Waals surface area (Å²) in [7, 11) is 0. The Morgan fingerprint density at radius 2 is 1.32 bits per heavy atom. The highest BCUT2D eigenvalue weighted by molar-refractivity contribution is 14.1. The van der Waals surface area contributed by atoms with Crippen LogP contribution in [-0.4, -0.2) is 10.7 Å². The smallest absolute Gasteiger partial charge is 0.218 e. The summed E-state index contributed by atoms with van der Waals surface area (Å²) < 4.78 is 1.74. The van der Waals surface area contributed by atoms with Crippen LogP contribution in [-0.2, 0) is 11.3 Å². The highest BCUT2D eigenvalue weighted by Crippen LogP contribution is 2.44. The minimum Gasteiger partial charge on any atom is -0.331 e. The summed E-state index contributed by atoms with van der Waals surface area (Å²) in [5.74, 6) is 0.0867. The van der Waals surface area contributed by atoms with Crippen molar-refractivity contribution in [3.8, 4) is 0 Å². The van der Waals surface area contributed by atoms with Crippen LogP contribution in [0.5, 0.6) is 0 Å². The average molecular weight is 589 g/mol. The molecule has 0 N–H and O–H groups in total. The molecule has 2 nitrogen and oxygen atoms in total. The fraction of sp³-hybridized carbons (Fsp3) is 0.0417. The third-order valence-corrected chi connectivity index (χ3v) is 6.76. The van der Waals surface area contributed by atoms with Crippen molar-refractivity contribution in [3.63, 3.8) is 0 Å². The van der Waals surface area contributed by atoms with E-state index in [2.05, 4.69) is 86.5 Å². The maximum atomic E-state index is 13.3. The Kier molecular flexibility index (Phi) is 5.96. The van der Waals surface area contributed by atoms with Crippen LogP contribution in [0.1, 0.15) is 16.7 Å². The maximum absolute atomic E-state index is 13.3. The zero-order chi connectivity index (χ0) is 19.5. The van der Waals surface area contributed by atoms with Crippen LogP contribution in [0.15, 0.2) is 100 Å². The monoisotopic (exact) mass is 589 g/mol. The lowest BCUT2D eigenvalue weighted by molar-refractivity contribution is -0.111. The Labute approximate surface area is 192 Å². The third kappa shape index (κ3) is 3.80. The number of rotatable bonds is 4. The molecule has 1 aliphatic rings. The van der Waals surface area contributed by atoms with Crippen molar-refractivity contribution in [1.82, 2.24) is 4.90 Å². The van der Waals surface area contributed by atoms with Gasteiger partial charge in [0.25, 0.3) is 0 Å². The van der Waals surface area contributed by atoms with Gasteiger partial charge in [-0.25, -0.2) is 0 Å². The number of carbonyl (C=O) groups excluding carboxylic acids is 1. The Balaban J connectivity index is 1.88. The SMILES string of the molecule is O=C1C(I)=C(c2ccccc2)N(Cc2ccccc2)/C1=C(/I)c1ccccc1. The zero-order valence-corrected chi connectivity index (χ0v) is 19.3. The predicted molar refractivity (Wildman–Crippen MR) is 132 cm³/mol. The minimum absolute atomic E-state index is 0.0867. The standard InChI is InChI=1S/C24H17I2NO/c25-20(18-12-6-2-7-13-18)23-24(28)21(26)22(19-14-8-3-9-15-19)27(23)16-17-10-4-1-5-11-17/h1-15H,16H2/b23-20+. The summed E-state index contributed by atoms with van der Waals surface area (Å²) in [6.45, 7) is 0.651. The molecule has 0 amide bonds. The van der Waals surface area contributed by atoms with Gasteiger partial charge in [0.05, 0.1) is 9.28 Å². The van der Waals surface area contributed by atoms with E-state index in [-0.39, 0.29) is 5.78 Å². The van der Waals surface area contributed by atoms with E-state index < -0.39 is 0 Å². The quantitative estimate of drug-likeness (QED) is 0.250. The van der Waals surface area contributed by atoms with Crippen molar-refractivity contribution >= 4 is 60.2 Å². The van der Waals surface area contributed by atoms with E-state index in [9.17, 15) is 4.79 Å². The molecule has 0 bridgehead atoms. The van der Waals surface area contributed by atoms with Crippen molar-refractivity contribution < 1.29 is 4.79 Å². The van der Waals surface area contributed by atoms with Gasteiger partial charge in [-0.3, -0.25) is 4.79 Å². The lowest BCUT2D eigenvalue weighted by atomic mass is 10.1. The number of ketones is 1. The average Bonchev–Trinajstić information content (AvgIpc) is 2.99. The van der Waals surface area contributed by atoms with E-state index in [1.54, 1.807) is 0 Å². The molecule has 0 saturated heterocycles. The number of hydrogen-bond acceptors (Lipinski definition) is 2. The molecule has 4 rings (SSSR count). The number of halogens is 2. The molecule has 0 aliphatic carbocycles. The van der Waals surface area contributed by atoms with E-state index in [1.807, 2.05) is 54.6 Å². The van der Waals surface area contributed by atoms with Crippen molar-refractivity contribution in [2.24, 2.45) is 0 Å².